The molecule has 88 valence electrons. The van der Waals surface area contributed by atoms with Crippen molar-refractivity contribution in [3.05, 3.63) is 12.3 Å². The van der Waals surface area contributed by atoms with E-state index in [9.17, 15) is 0 Å². The summed E-state index contributed by atoms with van der Waals surface area (Å²) in [5.41, 5.74) is 1.35. The lowest BCUT2D eigenvalue weighted by Crippen LogP contribution is -2.50. The summed E-state index contributed by atoms with van der Waals surface area (Å²) in [7, 11) is 2.24. The van der Waals surface area contributed by atoms with E-state index >= 15 is 0 Å². The van der Waals surface area contributed by atoms with Gasteiger partial charge in [0.2, 0.25) is 0 Å². The van der Waals surface area contributed by atoms with Crippen molar-refractivity contribution in [2.24, 2.45) is 0 Å². The number of piperazine rings is 1. The molecule has 0 amide bonds. The molecule has 2 heteroatoms. The highest BCUT2D eigenvalue weighted by Crippen LogP contribution is 2.17. The van der Waals surface area contributed by atoms with Crippen molar-refractivity contribution in [2.45, 2.75) is 45.6 Å². The third-order valence-corrected chi connectivity index (χ3v) is 3.51. The van der Waals surface area contributed by atoms with Gasteiger partial charge in [-0.3, -0.25) is 4.90 Å². The minimum Gasteiger partial charge on any atom is -0.372 e. The van der Waals surface area contributed by atoms with Crippen LogP contribution in [0, 0.1) is 0 Å². The molecule has 0 bridgehead atoms. The van der Waals surface area contributed by atoms with Crippen LogP contribution in [0.1, 0.15) is 39.5 Å². The Morgan fingerprint density at radius 1 is 1.33 bits per heavy atom. The molecule has 1 aliphatic rings. The number of unbranched alkanes of at least 4 members (excludes halogenated alkanes) is 1. The molecule has 0 aromatic rings. The van der Waals surface area contributed by atoms with Gasteiger partial charge >= 0.3 is 0 Å². The van der Waals surface area contributed by atoms with Gasteiger partial charge < -0.3 is 4.90 Å². The molecule has 0 radical (unpaired) electrons. The second-order valence-corrected chi connectivity index (χ2v) is 4.66. The number of likely N-dealkylation sites (N-methyl/N-ethyl adjacent to an activating group) is 1. The molecule has 15 heavy (non-hydrogen) atoms. The van der Waals surface area contributed by atoms with E-state index in [-0.39, 0.29) is 0 Å². The molecule has 1 aliphatic heterocycles. The smallest absolute Gasteiger partial charge is 0.0331 e. The number of hydrogen-bond donors (Lipinski definition) is 0. The molecule has 0 N–H and O–H groups in total. The van der Waals surface area contributed by atoms with E-state index in [4.69, 9.17) is 0 Å². The van der Waals surface area contributed by atoms with E-state index in [0.717, 1.165) is 12.6 Å². The molecule has 0 spiro atoms. The van der Waals surface area contributed by atoms with Crippen LogP contribution >= 0.6 is 0 Å². The third-order valence-electron chi connectivity index (χ3n) is 3.51. The van der Waals surface area contributed by atoms with Gasteiger partial charge in [0.05, 0.1) is 0 Å². The number of allylic oxidation sites excluding steroid dienone is 1. The fraction of sp³-hybridized carbons (Fsp3) is 0.846. The second-order valence-electron chi connectivity index (χ2n) is 4.66. The fourth-order valence-electron chi connectivity index (χ4n) is 2.21. The molecule has 0 saturated carbocycles. The highest BCUT2D eigenvalue weighted by molar-refractivity contribution is 4.97. The first-order chi connectivity index (χ1) is 7.19. The molecule has 1 unspecified atom stereocenters. The normalized spacial score (nSPS) is 23.1. The van der Waals surface area contributed by atoms with E-state index in [1.54, 1.807) is 0 Å². The molecule has 1 atom stereocenters. The summed E-state index contributed by atoms with van der Waals surface area (Å²) < 4.78 is 0. The van der Waals surface area contributed by atoms with Gasteiger partial charge in [0.15, 0.2) is 0 Å². The number of nitrogens with zero attached hydrogens (tertiary/aromatic N) is 2. The van der Waals surface area contributed by atoms with Crippen molar-refractivity contribution in [1.29, 1.82) is 0 Å². The molecule has 1 heterocycles. The summed E-state index contributed by atoms with van der Waals surface area (Å²) in [6.45, 7) is 12.3. The number of hydrogen-bond acceptors (Lipinski definition) is 2. The fourth-order valence-corrected chi connectivity index (χ4v) is 2.21. The van der Waals surface area contributed by atoms with Crippen LogP contribution in [-0.4, -0.2) is 42.5 Å². The van der Waals surface area contributed by atoms with Crippen molar-refractivity contribution < 1.29 is 0 Å². The van der Waals surface area contributed by atoms with Crippen molar-refractivity contribution in [3.8, 4) is 0 Å². The predicted octanol–water partition coefficient (Wildman–Crippen LogP) is 2.72. The Bertz CT molecular complexity index is 201. The summed E-state index contributed by atoms with van der Waals surface area (Å²) in [5, 5.41) is 0. The Morgan fingerprint density at radius 2 is 2.07 bits per heavy atom. The molecular weight excluding hydrogens is 184 g/mol. The minimum absolute atomic E-state index is 0.720. The van der Waals surface area contributed by atoms with Crippen LogP contribution in [0.2, 0.25) is 0 Å². The topological polar surface area (TPSA) is 6.48 Å². The first-order valence-corrected chi connectivity index (χ1v) is 6.32. The quantitative estimate of drug-likeness (QED) is 0.688. The summed E-state index contributed by atoms with van der Waals surface area (Å²) >= 11 is 0. The lowest BCUT2D eigenvalue weighted by Gasteiger charge is -2.41. The van der Waals surface area contributed by atoms with Gasteiger partial charge in [-0.2, -0.15) is 0 Å². The van der Waals surface area contributed by atoms with Gasteiger partial charge in [-0.1, -0.05) is 26.8 Å². The minimum atomic E-state index is 0.720. The Morgan fingerprint density at radius 3 is 2.67 bits per heavy atom. The molecule has 0 aromatic heterocycles. The average Bonchev–Trinajstić information content (AvgIpc) is 2.26. The lowest BCUT2D eigenvalue weighted by atomic mass is 10.1. The summed E-state index contributed by atoms with van der Waals surface area (Å²) in [6, 6.07) is 0.720. The van der Waals surface area contributed by atoms with Gasteiger partial charge in [0.25, 0.3) is 0 Å². The van der Waals surface area contributed by atoms with Crippen LogP contribution in [0.5, 0.6) is 0 Å². The SMILES string of the molecule is C=C(CCCC)N1CCN(C)C(CC)C1. The third kappa shape index (κ3) is 3.53. The van der Waals surface area contributed by atoms with Crippen LogP contribution in [0.3, 0.4) is 0 Å². The summed E-state index contributed by atoms with van der Waals surface area (Å²) in [5.74, 6) is 0. The largest absolute Gasteiger partial charge is 0.372 e. The summed E-state index contributed by atoms with van der Waals surface area (Å²) in [6.07, 6.45) is 4.97. The van der Waals surface area contributed by atoms with Gasteiger partial charge in [0.1, 0.15) is 0 Å². The van der Waals surface area contributed by atoms with Crippen LogP contribution in [0.15, 0.2) is 12.3 Å². The van der Waals surface area contributed by atoms with E-state index in [1.807, 2.05) is 0 Å². The molecule has 2 nitrogen and oxygen atoms in total. The highest BCUT2D eigenvalue weighted by atomic mass is 15.3. The van der Waals surface area contributed by atoms with Gasteiger partial charge in [0, 0.05) is 31.4 Å². The maximum atomic E-state index is 4.22. The Balaban J connectivity index is 2.40. The van der Waals surface area contributed by atoms with Crippen LogP contribution in [0.4, 0.5) is 0 Å². The van der Waals surface area contributed by atoms with Crippen LogP contribution in [-0.2, 0) is 0 Å². The lowest BCUT2D eigenvalue weighted by molar-refractivity contribution is 0.114. The van der Waals surface area contributed by atoms with E-state index in [0.29, 0.717) is 0 Å². The van der Waals surface area contributed by atoms with Crippen LogP contribution in [0.25, 0.3) is 0 Å². The van der Waals surface area contributed by atoms with Crippen LogP contribution < -0.4 is 0 Å². The molecule has 1 fully saturated rings. The average molecular weight is 210 g/mol. The highest BCUT2D eigenvalue weighted by Gasteiger charge is 2.22. The van der Waals surface area contributed by atoms with Crippen molar-refractivity contribution in [3.63, 3.8) is 0 Å². The van der Waals surface area contributed by atoms with Crippen molar-refractivity contribution in [2.75, 3.05) is 26.7 Å². The maximum Gasteiger partial charge on any atom is 0.0331 e. The van der Waals surface area contributed by atoms with E-state index < -0.39 is 0 Å². The van der Waals surface area contributed by atoms with Crippen molar-refractivity contribution in [1.82, 2.24) is 9.80 Å². The van der Waals surface area contributed by atoms with Gasteiger partial charge in [-0.25, -0.2) is 0 Å². The first kappa shape index (κ1) is 12.6. The van der Waals surface area contributed by atoms with E-state index in [1.165, 1.54) is 44.5 Å². The van der Waals surface area contributed by atoms with Gasteiger partial charge in [-0.15, -0.1) is 0 Å². The molecule has 1 saturated heterocycles. The summed E-state index contributed by atoms with van der Waals surface area (Å²) in [4.78, 5) is 4.97. The van der Waals surface area contributed by atoms with Gasteiger partial charge in [-0.05, 0) is 26.3 Å². The van der Waals surface area contributed by atoms with E-state index in [2.05, 4.69) is 37.3 Å². The zero-order chi connectivity index (χ0) is 11.3. The predicted molar refractivity (Wildman–Crippen MR) is 66.9 cm³/mol. The Labute approximate surface area is 94.9 Å². The molecule has 0 aromatic carbocycles. The molecule has 1 rings (SSSR count). The Kier molecular flexibility index (Phi) is 5.16. The Hall–Kier alpha value is -0.500. The molecular formula is C13H26N2. The molecule has 0 aliphatic carbocycles. The maximum absolute atomic E-state index is 4.22. The standard InChI is InChI=1S/C13H26N2/c1-5-7-8-12(3)15-10-9-14(4)13(6-2)11-15/h13H,3,5-11H2,1-2,4H3. The number of rotatable bonds is 5. The zero-order valence-corrected chi connectivity index (χ0v) is 10.6. The van der Waals surface area contributed by atoms with Crippen molar-refractivity contribution >= 4 is 0 Å². The first-order valence-electron chi connectivity index (χ1n) is 6.32. The zero-order valence-electron chi connectivity index (χ0n) is 10.6. The monoisotopic (exact) mass is 210 g/mol. The second kappa shape index (κ2) is 6.16.